The lowest BCUT2D eigenvalue weighted by atomic mass is 10.0. The van der Waals surface area contributed by atoms with E-state index in [1.165, 1.54) is 17.4 Å². The highest BCUT2D eigenvalue weighted by molar-refractivity contribution is 5.96. The molecule has 2 aromatic rings. The first-order valence-corrected chi connectivity index (χ1v) is 9.35. The molecule has 4 rings (SSSR count). The number of nitrogens with zero attached hydrogens (tertiary/aromatic N) is 2. The molecule has 8 heteroatoms. The number of carbonyl (C=O) groups is 3. The molecule has 0 aliphatic carbocycles. The van der Waals surface area contributed by atoms with Crippen LogP contribution in [0.3, 0.4) is 0 Å². The summed E-state index contributed by atoms with van der Waals surface area (Å²) < 4.78 is 4.97. The van der Waals surface area contributed by atoms with Crippen LogP contribution in [0.5, 0.6) is 0 Å². The van der Waals surface area contributed by atoms with Crippen molar-refractivity contribution in [1.82, 2.24) is 15.1 Å². The van der Waals surface area contributed by atoms with E-state index in [9.17, 15) is 14.4 Å². The second kappa shape index (κ2) is 7.75. The molecule has 0 saturated carbocycles. The predicted octanol–water partition coefficient (Wildman–Crippen LogP) is 2.05. The van der Waals surface area contributed by atoms with Crippen molar-refractivity contribution in [2.24, 2.45) is 0 Å². The average molecular weight is 382 g/mol. The number of hydrogen-bond donors (Lipinski definition) is 2. The van der Waals surface area contributed by atoms with Gasteiger partial charge in [0.15, 0.2) is 0 Å². The van der Waals surface area contributed by atoms with Gasteiger partial charge in [-0.2, -0.15) is 0 Å². The van der Waals surface area contributed by atoms with Crippen molar-refractivity contribution in [1.29, 1.82) is 0 Å². The van der Waals surface area contributed by atoms with E-state index in [0.29, 0.717) is 38.0 Å². The first-order chi connectivity index (χ1) is 13.6. The highest BCUT2D eigenvalue weighted by atomic mass is 16.3. The van der Waals surface area contributed by atoms with Crippen molar-refractivity contribution in [3.8, 4) is 0 Å². The molecule has 1 saturated heterocycles. The number of rotatable bonds is 2. The number of furan rings is 1. The third kappa shape index (κ3) is 3.85. The number of benzene rings is 1. The van der Waals surface area contributed by atoms with Crippen LogP contribution in [0, 0.1) is 0 Å². The summed E-state index contributed by atoms with van der Waals surface area (Å²) in [4.78, 5) is 40.5. The Morgan fingerprint density at radius 2 is 1.86 bits per heavy atom. The first-order valence-electron chi connectivity index (χ1n) is 9.35. The van der Waals surface area contributed by atoms with Crippen LogP contribution in [0.15, 0.2) is 47.3 Å². The van der Waals surface area contributed by atoms with E-state index < -0.39 is 0 Å². The van der Waals surface area contributed by atoms with Gasteiger partial charge in [0.1, 0.15) is 12.8 Å². The molecule has 8 nitrogen and oxygen atoms in total. The van der Waals surface area contributed by atoms with Crippen molar-refractivity contribution in [3.05, 3.63) is 54.0 Å². The molecular weight excluding hydrogens is 360 g/mol. The van der Waals surface area contributed by atoms with Crippen molar-refractivity contribution in [2.45, 2.75) is 25.4 Å². The van der Waals surface area contributed by atoms with Crippen molar-refractivity contribution in [3.63, 3.8) is 0 Å². The fraction of sp³-hybridized carbons (Fsp3) is 0.350. The maximum absolute atomic E-state index is 12.7. The van der Waals surface area contributed by atoms with Gasteiger partial charge in [0.2, 0.25) is 5.91 Å². The van der Waals surface area contributed by atoms with E-state index >= 15 is 0 Å². The molecule has 2 aliphatic heterocycles. The predicted molar refractivity (Wildman–Crippen MR) is 102 cm³/mol. The third-order valence-electron chi connectivity index (χ3n) is 5.15. The second-order valence-electron chi connectivity index (χ2n) is 7.09. The summed E-state index contributed by atoms with van der Waals surface area (Å²) in [6.45, 7) is 1.52. The zero-order chi connectivity index (χ0) is 19.5. The summed E-state index contributed by atoms with van der Waals surface area (Å²) in [6, 6.07) is 8.85. The number of amides is 4. The molecule has 4 amide bonds. The van der Waals surface area contributed by atoms with Crippen LogP contribution in [0.25, 0.3) is 0 Å². The van der Waals surface area contributed by atoms with Gasteiger partial charge >= 0.3 is 6.03 Å². The number of piperidine rings is 1. The van der Waals surface area contributed by atoms with E-state index in [4.69, 9.17) is 4.42 Å². The molecular formula is C20H22N4O4. The molecule has 1 aromatic heterocycles. The molecule has 0 bridgehead atoms. The highest BCUT2D eigenvalue weighted by Crippen LogP contribution is 2.21. The van der Waals surface area contributed by atoms with Crippen molar-refractivity contribution < 1.29 is 18.8 Å². The molecule has 1 aromatic carbocycles. The van der Waals surface area contributed by atoms with Gasteiger partial charge in [0.05, 0.1) is 18.4 Å². The van der Waals surface area contributed by atoms with Crippen LogP contribution in [-0.2, 0) is 11.3 Å². The number of anilines is 1. The van der Waals surface area contributed by atoms with Crippen LogP contribution in [0.1, 0.15) is 28.8 Å². The smallest absolute Gasteiger partial charge is 0.318 e. The Balaban J connectivity index is 1.33. The van der Waals surface area contributed by atoms with Crippen LogP contribution < -0.4 is 10.6 Å². The maximum atomic E-state index is 12.7. The zero-order valence-corrected chi connectivity index (χ0v) is 15.4. The lowest BCUT2D eigenvalue weighted by molar-refractivity contribution is -0.116. The minimum absolute atomic E-state index is 0.0122. The monoisotopic (exact) mass is 382 g/mol. The van der Waals surface area contributed by atoms with Crippen molar-refractivity contribution >= 4 is 23.5 Å². The molecule has 0 unspecified atom stereocenters. The minimum atomic E-state index is -0.258. The average Bonchev–Trinajstić information content (AvgIpc) is 3.17. The summed E-state index contributed by atoms with van der Waals surface area (Å²) in [5.41, 5.74) is 2.19. The Hall–Kier alpha value is -3.29. The maximum Gasteiger partial charge on any atom is 0.318 e. The number of fused-ring (bicyclic) bond motifs is 1. The van der Waals surface area contributed by atoms with E-state index in [1.807, 2.05) is 24.3 Å². The number of urea groups is 1. The van der Waals surface area contributed by atoms with Gasteiger partial charge < -0.3 is 24.9 Å². The Labute approximate surface area is 162 Å². The van der Waals surface area contributed by atoms with Crippen molar-refractivity contribution in [2.75, 3.05) is 25.0 Å². The summed E-state index contributed by atoms with van der Waals surface area (Å²) >= 11 is 0. The van der Waals surface area contributed by atoms with Crippen LogP contribution in [0.2, 0.25) is 0 Å². The molecule has 146 valence electrons. The van der Waals surface area contributed by atoms with Gasteiger partial charge in [0, 0.05) is 24.8 Å². The number of likely N-dealkylation sites (tertiary alicyclic amines) is 1. The van der Waals surface area contributed by atoms with Gasteiger partial charge in [-0.05, 0) is 30.5 Å². The molecule has 3 heterocycles. The topological polar surface area (TPSA) is 94.9 Å². The normalized spacial score (nSPS) is 17.5. The van der Waals surface area contributed by atoms with Gasteiger partial charge in [-0.15, -0.1) is 0 Å². The minimum Gasteiger partial charge on any atom is -0.472 e. The number of carbonyl (C=O) groups excluding carboxylic acids is 3. The van der Waals surface area contributed by atoms with Crippen LogP contribution in [-0.4, -0.2) is 53.3 Å². The third-order valence-corrected chi connectivity index (χ3v) is 5.15. The quantitative estimate of drug-likeness (QED) is 0.831. The lowest BCUT2D eigenvalue weighted by Crippen LogP contribution is -2.50. The van der Waals surface area contributed by atoms with Crippen LogP contribution in [0.4, 0.5) is 10.5 Å². The van der Waals surface area contributed by atoms with E-state index in [2.05, 4.69) is 10.6 Å². The molecule has 0 spiro atoms. The number of nitrogens with one attached hydrogen (secondary N) is 2. The fourth-order valence-electron chi connectivity index (χ4n) is 3.61. The number of hydrogen-bond acceptors (Lipinski definition) is 4. The molecule has 0 atom stereocenters. The van der Waals surface area contributed by atoms with E-state index in [0.717, 1.165) is 11.3 Å². The zero-order valence-electron chi connectivity index (χ0n) is 15.4. The highest BCUT2D eigenvalue weighted by Gasteiger charge is 2.28. The number of para-hydroxylation sites is 1. The van der Waals surface area contributed by atoms with Crippen LogP contribution >= 0.6 is 0 Å². The van der Waals surface area contributed by atoms with E-state index in [1.54, 1.807) is 11.0 Å². The molecule has 0 radical (unpaired) electrons. The molecule has 1 fully saturated rings. The summed E-state index contributed by atoms with van der Waals surface area (Å²) in [6.07, 6.45) is 4.27. The lowest BCUT2D eigenvalue weighted by Gasteiger charge is -2.33. The largest absolute Gasteiger partial charge is 0.472 e. The molecule has 28 heavy (non-hydrogen) atoms. The molecule has 2 N–H and O–H groups in total. The Morgan fingerprint density at radius 1 is 1.07 bits per heavy atom. The molecule has 2 aliphatic rings. The summed E-state index contributed by atoms with van der Waals surface area (Å²) in [5, 5.41) is 5.84. The second-order valence-corrected chi connectivity index (χ2v) is 7.09. The Bertz CT molecular complexity index is 872. The SMILES string of the molecule is O=C1CN(C(=O)NC2CCN(C(=O)c3ccoc3)CC2)Cc2ccccc2N1. The van der Waals surface area contributed by atoms with E-state index in [-0.39, 0.29) is 30.4 Å². The van der Waals surface area contributed by atoms with Gasteiger partial charge in [-0.3, -0.25) is 9.59 Å². The first kappa shape index (κ1) is 18.1. The standard InChI is InChI=1S/C20H22N4O4/c25-18-12-24(11-14-3-1-2-4-17(14)22-18)20(27)21-16-5-8-23(9-6-16)19(26)15-7-10-28-13-15/h1-4,7,10,13,16H,5-6,8-9,11-12H2,(H,21,27)(H,22,25). The summed E-state index contributed by atoms with van der Waals surface area (Å²) in [7, 11) is 0. The fourth-order valence-corrected chi connectivity index (χ4v) is 3.61. The Kier molecular flexibility index (Phi) is 5.01. The van der Waals surface area contributed by atoms with Gasteiger partial charge in [-0.1, -0.05) is 18.2 Å². The van der Waals surface area contributed by atoms with Gasteiger partial charge in [-0.25, -0.2) is 4.79 Å². The van der Waals surface area contributed by atoms with Gasteiger partial charge in [0.25, 0.3) is 5.91 Å². The Morgan fingerprint density at radius 3 is 2.61 bits per heavy atom. The summed E-state index contributed by atoms with van der Waals surface area (Å²) in [5.74, 6) is -0.264.